The Balaban J connectivity index is 2.17. The van der Waals surface area contributed by atoms with Crippen LogP contribution in [0.5, 0.6) is 11.5 Å². The average molecular weight is 339 g/mol. The number of anilines is 1. The Kier molecular flexibility index (Phi) is 3.51. The Labute approximate surface area is 130 Å². The summed E-state index contributed by atoms with van der Waals surface area (Å²) in [6.45, 7) is 0. The van der Waals surface area contributed by atoms with Gasteiger partial charge in [-0.05, 0) is 40.2 Å². The first-order valence-electron chi connectivity index (χ1n) is 6.34. The summed E-state index contributed by atoms with van der Waals surface area (Å²) in [6.07, 6.45) is 0. The molecule has 2 N–H and O–H groups in total. The number of hydrogen-bond acceptors (Lipinski definition) is 3. The molecule has 4 heteroatoms. The number of hydrogen-bond donors (Lipinski definition) is 1. The summed E-state index contributed by atoms with van der Waals surface area (Å²) in [5, 5.41) is 10.9. The summed E-state index contributed by atoms with van der Waals surface area (Å²) in [6, 6.07) is 18.9. The van der Waals surface area contributed by atoms with E-state index in [-0.39, 0.29) is 0 Å². The lowest BCUT2D eigenvalue weighted by Crippen LogP contribution is -1.94. The fourth-order valence-electron chi connectivity index (χ4n) is 2.20. The summed E-state index contributed by atoms with van der Waals surface area (Å²) >= 11 is 3.44. The Hall–Kier alpha value is -2.51. The van der Waals surface area contributed by atoms with Crippen molar-refractivity contribution < 1.29 is 4.74 Å². The molecule has 0 aromatic heterocycles. The molecule has 3 aromatic rings. The van der Waals surface area contributed by atoms with Crippen LogP contribution in [0.1, 0.15) is 5.56 Å². The van der Waals surface area contributed by atoms with Crippen LogP contribution in [0.25, 0.3) is 10.8 Å². The number of rotatable bonds is 2. The van der Waals surface area contributed by atoms with Gasteiger partial charge in [0.25, 0.3) is 0 Å². The maximum atomic E-state index is 9.19. The molecule has 3 nitrogen and oxygen atoms in total. The van der Waals surface area contributed by atoms with Gasteiger partial charge in [0.15, 0.2) is 5.75 Å². The quantitative estimate of drug-likeness (QED) is 0.679. The largest absolute Gasteiger partial charge is 0.453 e. The zero-order chi connectivity index (χ0) is 14.8. The molecule has 0 spiro atoms. The van der Waals surface area contributed by atoms with Crippen LogP contribution in [0.4, 0.5) is 5.69 Å². The molecule has 0 amide bonds. The van der Waals surface area contributed by atoms with Crippen LogP contribution in [-0.2, 0) is 0 Å². The van der Waals surface area contributed by atoms with Crippen molar-refractivity contribution in [2.24, 2.45) is 0 Å². The molecule has 21 heavy (non-hydrogen) atoms. The van der Waals surface area contributed by atoms with Crippen molar-refractivity contribution in [3.63, 3.8) is 0 Å². The number of halogens is 1. The van der Waals surface area contributed by atoms with Gasteiger partial charge < -0.3 is 10.5 Å². The summed E-state index contributed by atoms with van der Waals surface area (Å²) in [5.74, 6) is 1.25. The van der Waals surface area contributed by atoms with E-state index in [1.807, 2.05) is 36.4 Å². The molecule has 0 unspecified atom stereocenters. The van der Waals surface area contributed by atoms with Gasteiger partial charge in [-0.3, -0.25) is 0 Å². The Morgan fingerprint density at radius 2 is 1.71 bits per heavy atom. The standard InChI is InChI=1S/C17H11BrN2O/c18-14-6-3-7-15(20)17(14)21-16-9-8-11(10-19)12-4-1-2-5-13(12)16/h1-9H,20H2. The topological polar surface area (TPSA) is 59.0 Å². The SMILES string of the molecule is N#Cc1ccc(Oc2c(N)cccc2Br)c2ccccc12. The van der Waals surface area contributed by atoms with Crippen molar-refractivity contribution in [3.05, 3.63) is 64.6 Å². The third-order valence-corrected chi connectivity index (χ3v) is 3.84. The summed E-state index contributed by atoms with van der Waals surface area (Å²) in [4.78, 5) is 0. The molecule has 0 aliphatic carbocycles. The number of nitrogen functional groups attached to an aromatic ring is 1. The Bertz CT molecular complexity index is 848. The first-order valence-corrected chi connectivity index (χ1v) is 7.13. The molecule has 0 aliphatic rings. The van der Waals surface area contributed by atoms with Gasteiger partial charge in [0.2, 0.25) is 0 Å². The van der Waals surface area contributed by atoms with Crippen molar-refractivity contribution in [2.45, 2.75) is 0 Å². The normalized spacial score (nSPS) is 10.3. The summed E-state index contributed by atoms with van der Waals surface area (Å²) in [7, 11) is 0. The zero-order valence-electron chi connectivity index (χ0n) is 11.0. The van der Waals surface area contributed by atoms with Crippen LogP contribution in [0, 0.1) is 11.3 Å². The Morgan fingerprint density at radius 3 is 2.43 bits per heavy atom. The molecule has 0 fully saturated rings. The number of nitriles is 1. The molecule has 0 bridgehead atoms. The molecule has 102 valence electrons. The molecule has 0 radical (unpaired) electrons. The minimum Gasteiger partial charge on any atom is -0.453 e. The molecule has 0 heterocycles. The van der Waals surface area contributed by atoms with Crippen LogP contribution in [0.2, 0.25) is 0 Å². The summed E-state index contributed by atoms with van der Waals surface area (Å²) in [5.41, 5.74) is 7.14. The first-order chi connectivity index (χ1) is 10.2. The van der Waals surface area contributed by atoms with E-state index in [1.165, 1.54) is 0 Å². The van der Waals surface area contributed by atoms with Gasteiger partial charge in [0, 0.05) is 10.8 Å². The highest BCUT2D eigenvalue weighted by Gasteiger charge is 2.11. The van der Waals surface area contributed by atoms with E-state index in [4.69, 9.17) is 10.5 Å². The Morgan fingerprint density at radius 1 is 0.952 bits per heavy atom. The van der Waals surface area contributed by atoms with E-state index >= 15 is 0 Å². The first kappa shape index (κ1) is 13.5. The van der Waals surface area contributed by atoms with Crippen LogP contribution in [-0.4, -0.2) is 0 Å². The molecule has 3 aromatic carbocycles. The predicted octanol–water partition coefficient (Wildman–Crippen LogP) is 4.85. The number of nitrogens with zero attached hydrogens (tertiary/aromatic N) is 1. The number of nitrogens with two attached hydrogens (primary N) is 1. The van der Waals surface area contributed by atoms with Crippen LogP contribution in [0.3, 0.4) is 0 Å². The van der Waals surface area contributed by atoms with Gasteiger partial charge in [0.1, 0.15) is 5.75 Å². The lowest BCUT2D eigenvalue weighted by atomic mass is 10.0. The lowest BCUT2D eigenvalue weighted by Gasteiger charge is -2.13. The van der Waals surface area contributed by atoms with Crippen LogP contribution < -0.4 is 10.5 Å². The van der Waals surface area contributed by atoms with Gasteiger partial charge in [-0.15, -0.1) is 0 Å². The van der Waals surface area contributed by atoms with Crippen molar-refractivity contribution >= 4 is 32.4 Å². The predicted molar refractivity (Wildman–Crippen MR) is 87.3 cm³/mol. The van der Waals surface area contributed by atoms with E-state index in [0.717, 1.165) is 15.2 Å². The highest BCUT2D eigenvalue weighted by molar-refractivity contribution is 9.10. The third kappa shape index (κ3) is 2.44. The van der Waals surface area contributed by atoms with Crippen molar-refractivity contribution in [1.29, 1.82) is 5.26 Å². The highest BCUT2D eigenvalue weighted by Crippen LogP contribution is 2.38. The third-order valence-electron chi connectivity index (χ3n) is 3.21. The molecular weight excluding hydrogens is 328 g/mol. The maximum absolute atomic E-state index is 9.19. The molecule has 0 aliphatic heterocycles. The van der Waals surface area contributed by atoms with E-state index in [1.54, 1.807) is 18.2 Å². The second kappa shape index (κ2) is 5.47. The van der Waals surface area contributed by atoms with Crippen LogP contribution >= 0.6 is 15.9 Å². The molecule has 0 atom stereocenters. The number of benzene rings is 3. The van der Waals surface area contributed by atoms with Crippen molar-refractivity contribution in [2.75, 3.05) is 5.73 Å². The zero-order valence-corrected chi connectivity index (χ0v) is 12.6. The molecule has 0 saturated carbocycles. The highest BCUT2D eigenvalue weighted by atomic mass is 79.9. The molecule has 0 saturated heterocycles. The lowest BCUT2D eigenvalue weighted by molar-refractivity contribution is 0.487. The maximum Gasteiger partial charge on any atom is 0.164 e. The summed E-state index contributed by atoms with van der Waals surface area (Å²) < 4.78 is 6.76. The average Bonchev–Trinajstić information content (AvgIpc) is 2.51. The number of ether oxygens (including phenoxy) is 1. The van der Waals surface area contributed by atoms with E-state index in [9.17, 15) is 5.26 Å². The van der Waals surface area contributed by atoms with Crippen molar-refractivity contribution in [3.8, 4) is 17.6 Å². The van der Waals surface area contributed by atoms with E-state index in [0.29, 0.717) is 22.7 Å². The fourth-order valence-corrected chi connectivity index (χ4v) is 2.66. The number of para-hydroxylation sites is 1. The van der Waals surface area contributed by atoms with E-state index < -0.39 is 0 Å². The molecular formula is C17H11BrN2O. The minimum absolute atomic E-state index is 0.554. The van der Waals surface area contributed by atoms with E-state index in [2.05, 4.69) is 22.0 Å². The van der Waals surface area contributed by atoms with Gasteiger partial charge in [-0.25, -0.2) is 0 Å². The van der Waals surface area contributed by atoms with Gasteiger partial charge >= 0.3 is 0 Å². The fraction of sp³-hybridized carbons (Fsp3) is 0. The van der Waals surface area contributed by atoms with Gasteiger partial charge in [-0.2, -0.15) is 5.26 Å². The van der Waals surface area contributed by atoms with Gasteiger partial charge in [-0.1, -0.05) is 30.3 Å². The second-order valence-electron chi connectivity index (χ2n) is 4.53. The number of fused-ring (bicyclic) bond motifs is 1. The van der Waals surface area contributed by atoms with Gasteiger partial charge in [0.05, 0.1) is 21.8 Å². The van der Waals surface area contributed by atoms with Crippen LogP contribution in [0.15, 0.2) is 59.1 Å². The van der Waals surface area contributed by atoms with Crippen molar-refractivity contribution in [1.82, 2.24) is 0 Å². The minimum atomic E-state index is 0.554. The molecule has 3 rings (SSSR count). The second-order valence-corrected chi connectivity index (χ2v) is 5.38. The smallest absolute Gasteiger partial charge is 0.164 e. The monoisotopic (exact) mass is 338 g/mol.